The summed E-state index contributed by atoms with van der Waals surface area (Å²) in [7, 11) is 0. The molecule has 31 heavy (non-hydrogen) atoms. The largest absolute Gasteiger partial charge is 0.444 e. The Morgan fingerprint density at radius 2 is 1.84 bits per heavy atom. The van der Waals surface area contributed by atoms with Gasteiger partial charge in [-0.05, 0) is 71.9 Å². The van der Waals surface area contributed by atoms with E-state index in [9.17, 15) is 9.59 Å². The number of carbonyl (C=O) groups is 2. The van der Waals surface area contributed by atoms with Gasteiger partial charge >= 0.3 is 6.09 Å². The summed E-state index contributed by atoms with van der Waals surface area (Å²) in [6.45, 7) is 10.2. The zero-order valence-corrected chi connectivity index (χ0v) is 19.2. The molecule has 2 unspecified atom stereocenters. The number of likely N-dealkylation sites (tertiary alicyclic amines) is 1. The van der Waals surface area contributed by atoms with Crippen molar-refractivity contribution >= 4 is 17.8 Å². The van der Waals surface area contributed by atoms with Gasteiger partial charge in [-0.3, -0.25) is 10.2 Å². The first-order valence-electron chi connectivity index (χ1n) is 11.0. The van der Waals surface area contributed by atoms with Gasteiger partial charge in [-0.15, -0.1) is 0 Å². The Bertz CT molecular complexity index is 756. The van der Waals surface area contributed by atoms with Crippen LogP contribution in [0, 0.1) is 5.92 Å². The number of piperidine rings is 1. The quantitative estimate of drug-likeness (QED) is 0.565. The van der Waals surface area contributed by atoms with E-state index >= 15 is 0 Å². The molecular formula is C22H36N6O3. The van der Waals surface area contributed by atoms with E-state index in [0.29, 0.717) is 25.0 Å². The molecule has 2 aliphatic rings. The topological polar surface area (TPSA) is 108 Å². The first kappa shape index (κ1) is 23.3. The van der Waals surface area contributed by atoms with Crippen LogP contribution in [0.2, 0.25) is 0 Å². The maximum atomic E-state index is 13.0. The highest BCUT2D eigenvalue weighted by Gasteiger charge is 2.38. The van der Waals surface area contributed by atoms with Crippen molar-refractivity contribution < 1.29 is 14.3 Å². The molecule has 2 fully saturated rings. The van der Waals surface area contributed by atoms with Crippen molar-refractivity contribution in [3.63, 3.8) is 0 Å². The number of hydrogen-bond acceptors (Lipinski definition) is 7. The Labute approximate surface area is 184 Å². The SMILES string of the molecule is CC(C)(C)OC(=O)NC(C)(C)C(=O)N1CCC(C2CC(Nc3ccccn3)NN2)CC1. The molecule has 3 heterocycles. The molecule has 3 rings (SSSR count). The molecule has 9 heteroatoms. The van der Waals surface area contributed by atoms with Crippen LogP contribution >= 0.6 is 0 Å². The number of hydrazine groups is 1. The summed E-state index contributed by atoms with van der Waals surface area (Å²) >= 11 is 0. The summed E-state index contributed by atoms with van der Waals surface area (Å²) in [4.78, 5) is 31.3. The monoisotopic (exact) mass is 432 g/mol. The summed E-state index contributed by atoms with van der Waals surface area (Å²) in [6.07, 6.45) is 4.10. The third-order valence-corrected chi connectivity index (χ3v) is 5.66. The maximum Gasteiger partial charge on any atom is 0.408 e. The van der Waals surface area contributed by atoms with E-state index in [1.54, 1.807) is 40.8 Å². The first-order chi connectivity index (χ1) is 14.5. The normalized spacial score (nSPS) is 22.8. The van der Waals surface area contributed by atoms with Gasteiger partial charge in [-0.2, -0.15) is 0 Å². The van der Waals surface area contributed by atoms with Crippen LogP contribution in [0.25, 0.3) is 0 Å². The zero-order valence-electron chi connectivity index (χ0n) is 19.2. The molecule has 0 bridgehead atoms. The van der Waals surface area contributed by atoms with Gasteiger partial charge in [0.15, 0.2) is 0 Å². The van der Waals surface area contributed by atoms with Crippen molar-refractivity contribution in [3.8, 4) is 0 Å². The van der Waals surface area contributed by atoms with Gasteiger partial charge in [-0.1, -0.05) is 6.07 Å². The van der Waals surface area contributed by atoms with Crippen molar-refractivity contribution in [1.82, 2.24) is 26.1 Å². The fraction of sp³-hybridized carbons (Fsp3) is 0.682. The van der Waals surface area contributed by atoms with Crippen LogP contribution in [-0.4, -0.2) is 58.3 Å². The Balaban J connectivity index is 1.45. The van der Waals surface area contributed by atoms with Crippen LogP contribution in [0.4, 0.5) is 10.6 Å². The summed E-state index contributed by atoms with van der Waals surface area (Å²) in [6, 6.07) is 6.15. The lowest BCUT2D eigenvalue weighted by Gasteiger charge is -2.38. The third kappa shape index (κ3) is 6.54. The van der Waals surface area contributed by atoms with Crippen molar-refractivity contribution in [3.05, 3.63) is 24.4 Å². The average molecular weight is 433 g/mol. The number of pyridine rings is 1. The Hall–Kier alpha value is -2.39. The van der Waals surface area contributed by atoms with E-state index in [1.807, 2.05) is 23.1 Å². The lowest BCUT2D eigenvalue weighted by molar-refractivity contribution is -0.138. The van der Waals surface area contributed by atoms with Crippen molar-refractivity contribution in [2.24, 2.45) is 5.92 Å². The van der Waals surface area contributed by atoms with Crippen LogP contribution in [0.5, 0.6) is 0 Å². The van der Waals surface area contributed by atoms with E-state index in [4.69, 9.17) is 4.74 Å². The molecule has 0 aromatic carbocycles. The van der Waals surface area contributed by atoms with Gasteiger partial charge in [0.1, 0.15) is 17.0 Å². The molecule has 0 aliphatic carbocycles. The molecule has 2 amide bonds. The van der Waals surface area contributed by atoms with E-state index in [-0.39, 0.29) is 12.1 Å². The average Bonchev–Trinajstić information content (AvgIpc) is 3.15. The Morgan fingerprint density at radius 1 is 1.13 bits per heavy atom. The van der Waals surface area contributed by atoms with Gasteiger partial charge in [0.25, 0.3) is 0 Å². The van der Waals surface area contributed by atoms with Crippen molar-refractivity contribution in [2.45, 2.75) is 77.2 Å². The van der Waals surface area contributed by atoms with E-state index < -0.39 is 17.2 Å². The molecule has 0 radical (unpaired) electrons. The van der Waals surface area contributed by atoms with Crippen LogP contribution in [0.1, 0.15) is 53.9 Å². The van der Waals surface area contributed by atoms with Crippen LogP contribution in [0.3, 0.4) is 0 Å². The van der Waals surface area contributed by atoms with Gasteiger partial charge in [0, 0.05) is 25.3 Å². The number of anilines is 1. The second-order valence-electron chi connectivity index (χ2n) is 9.92. The summed E-state index contributed by atoms with van der Waals surface area (Å²) in [5.41, 5.74) is 5.09. The van der Waals surface area contributed by atoms with Gasteiger partial charge in [0.2, 0.25) is 5.91 Å². The third-order valence-electron chi connectivity index (χ3n) is 5.66. The second kappa shape index (κ2) is 9.40. The number of carbonyl (C=O) groups excluding carboxylic acids is 2. The molecule has 2 saturated heterocycles. The number of alkyl carbamates (subject to hydrolysis) is 1. The highest BCUT2D eigenvalue weighted by atomic mass is 16.6. The second-order valence-corrected chi connectivity index (χ2v) is 9.92. The van der Waals surface area contributed by atoms with Gasteiger partial charge in [-0.25, -0.2) is 15.2 Å². The fourth-order valence-electron chi connectivity index (χ4n) is 4.12. The number of hydrogen-bond donors (Lipinski definition) is 4. The van der Waals surface area contributed by atoms with Crippen LogP contribution in [-0.2, 0) is 9.53 Å². The first-order valence-corrected chi connectivity index (χ1v) is 11.0. The van der Waals surface area contributed by atoms with Crippen LogP contribution in [0.15, 0.2) is 24.4 Å². The van der Waals surface area contributed by atoms with Gasteiger partial charge in [0.05, 0.1) is 6.17 Å². The fourth-order valence-corrected chi connectivity index (χ4v) is 4.12. The standard InChI is InChI=1S/C22H36N6O3/c1-21(2,3)31-20(30)25-22(4,5)19(29)28-12-9-15(10-13-28)16-14-18(27-26-16)24-17-8-6-7-11-23-17/h6-8,11,15-16,18,26-27H,9-10,12-14H2,1-5H3,(H,23,24)(H,25,30). The number of ether oxygens (including phenoxy) is 1. The molecule has 1 aromatic rings. The molecule has 2 aliphatic heterocycles. The predicted octanol–water partition coefficient (Wildman–Crippen LogP) is 2.23. The zero-order chi connectivity index (χ0) is 22.6. The molecule has 9 nitrogen and oxygen atoms in total. The number of nitrogens with one attached hydrogen (secondary N) is 4. The van der Waals surface area contributed by atoms with E-state index in [2.05, 4.69) is 26.5 Å². The lowest BCUT2D eigenvalue weighted by Crippen LogP contribution is -2.58. The smallest absolute Gasteiger partial charge is 0.408 e. The van der Waals surface area contributed by atoms with E-state index in [0.717, 1.165) is 25.1 Å². The Kier molecular flexibility index (Phi) is 7.06. The number of nitrogens with zero attached hydrogens (tertiary/aromatic N) is 2. The highest BCUT2D eigenvalue weighted by Crippen LogP contribution is 2.27. The molecule has 0 spiro atoms. The predicted molar refractivity (Wildman–Crippen MR) is 119 cm³/mol. The minimum Gasteiger partial charge on any atom is -0.444 e. The maximum absolute atomic E-state index is 13.0. The lowest BCUT2D eigenvalue weighted by atomic mass is 9.87. The molecular weight excluding hydrogens is 396 g/mol. The number of amides is 2. The summed E-state index contributed by atoms with van der Waals surface area (Å²) in [5, 5.41) is 6.11. The summed E-state index contributed by atoms with van der Waals surface area (Å²) in [5.74, 6) is 1.25. The van der Waals surface area contributed by atoms with Crippen molar-refractivity contribution in [1.29, 1.82) is 0 Å². The number of rotatable bonds is 5. The van der Waals surface area contributed by atoms with Gasteiger partial charge < -0.3 is 20.3 Å². The highest BCUT2D eigenvalue weighted by molar-refractivity contribution is 5.89. The molecule has 0 saturated carbocycles. The molecule has 172 valence electrons. The minimum atomic E-state index is -1.01. The number of aromatic nitrogens is 1. The minimum absolute atomic E-state index is 0.0796. The molecule has 1 aromatic heterocycles. The van der Waals surface area contributed by atoms with Crippen LogP contribution < -0.4 is 21.5 Å². The molecule has 4 N–H and O–H groups in total. The van der Waals surface area contributed by atoms with Crippen molar-refractivity contribution in [2.75, 3.05) is 18.4 Å². The summed E-state index contributed by atoms with van der Waals surface area (Å²) < 4.78 is 5.30. The Morgan fingerprint density at radius 3 is 2.45 bits per heavy atom. The van der Waals surface area contributed by atoms with E-state index in [1.165, 1.54) is 0 Å². The molecule has 2 atom stereocenters.